The first-order valence-electron chi connectivity index (χ1n) is 12.1. The zero-order valence-corrected chi connectivity index (χ0v) is 21.1. The lowest BCUT2D eigenvalue weighted by Gasteiger charge is -2.37. The van der Waals surface area contributed by atoms with Crippen LogP contribution in [0.25, 0.3) is 0 Å². The average molecular weight is 496 g/mol. The lowest BCUT2D eigenvalue weighted by Crippen LogP contribution is -2.53. The Balaban J connectivity index is 1.38. The third-order valence-corrected chi connectivity index (χ3v) is 6.69. The number of piperazine rings is 1. The van der Waals surface area contributed by atoms with E-state index in [0.29, 0.717) is 75.1 Å². The summed E-state index contributed by atoms with van der Waals surface area (Å²) in [4.78, 5) is 35.1. The highest BCUT2D eigenvalue weighted by atomic mass is 16.7. The summed E-state index contributed by atoms with van der Waals surface area (Å²) in [6.45, 7) is 4.00. The van der Waals surface area contributed by atoms with Crippen molar-refractivity contribution in [3.05, 3.63) is 59.2 Å². The maximum absolute atomic E-state index is 13.4. The SMILES string of the molecule is COc1ccc(CN2CCN(C(=O)[C@@H]3C(=C=O)CCN3OCc3ccccc3)CC2)c(OC)c1OC. The molecule has 0 N–H and O–H groups in total. The van der Waals surface area contributed by atoms with Crippen molar-refractivity contribution in [1.29, 1.82) is 0 Å². The molecule has 9 heteroatoms. The van der Waals surface area contributed by atoms with Crippen molar-refractivity contribution >= 4 is 11.8 Å². The second-order valence-electron chi connectivity index (χ2n) is 8.77. The summed E-state index contributed by atoms with van der Waals surface area (Å²) >= 11 is 0. The van der Waals surface area contributed by atoms with Crippen LogP contribution < -0.4 is 14.2 Å². The fourth-order valence-electron chi connectivity index (χ4n) is 4.75. The van der Waals surface area contributed by atoms with Crippen LogP contribution in [-0.4, -0.2) is 86.8 Å². The number of hydroxylamine groups is 2. The lowest BCUT2D eigenvalue weighted by molar-refractivity contribution is -0.186. The van der Waals surface area contributed by atoms with Gasteiger partial charge in [0.2, 0.25) is 11.7 Å². The van der Waals surface area contributed by atoms with Crippen molar-refractivity contribution in [1.82, 2.24) is 14.9 Å². The molecule has 36 heavy (non-hydrogen) atoms. The van der Waals surface area contributed by atoms with Gasteiger partial charge >= 0.3 is 0 Å². The van der Waals surface area contributed by atoms with Crippen LogP contribution in [0.3, 0.4) is 0 Å². The third kappa shape index (κ3) is 5.55. The van der Waals surface area contributed by atoms with Crippen LogP contribution >= 0.6 is 0 Å². The first kappa shape index (κ1) is 25.7. The van der Waals surface area contributed by atoms with Crippen LogP contribution in [0.4, 0.5) is 0 Å². The summed E-state index contributed by atoms with van der Waals surface area (Å²) in [5.74, 6) is 3.71. The van der Waals surface area contributed by atoms with E-state index in [9.17, 15) is 9.59 Å². The number of carbonyl (C=O) groups is 1. The Morgan fingerprint density at radius 3 is 2.28 bits per heavy atom. The van der Waals surface area contributed by atoms with Gasteiger partial charge in [0.1, 0.15) is 12.0 Å². The van der Waals surface area contributed by atoms with Crippen molar-refractivity contribution in [2.75, 3.05) is 54.1 Å². The predicted octanol–water partition coefficient (Wildman–Crippen LogP) is 2.32. The zero-order valence-electron chi connectivity index (χ0n) is 21.1. The fraction of sp³-hybridized carbons (Fsp3) is 0.444. The Kier molecular flexibility index (Phi) is 8.61. The number of ether oxygens (including phenoxy) is 3. The molecule has 2 aromatic carbocycles. The molecule has 192 valence electrons. The summed E-state index contributed by atoms with van der Waals surface area (Å²) in [7, 11) is 4.80. The zero-order chi connectivity index (χ0) is 25.5. The van der Waals surface area contributed by atoms with Gasteiger partial charge in [0.15, 0.2) is 11.5 Å². The van der Waals surface area contributed by atoms with Gasteiger partial charge in [-0.3, -0.25) is 14.5 Å². The van der Waals surface area contributed by atoms with E-state index >= 15 is 0 Å². The largest absolute Gasteiger partial charge is 0.493 e. The van der Waals surface area contributed by atoms with Gasteiger partial charge in [-0.1, -0.05) is 36.4 Å². The Hall–Kier alpha value is -3.36. The number of hydrogen-bond acceptors (Lipinski definition) is 8. The minimum atomic E-state index is -0.719. The Labute approximate surface area is 211 Å². The van der Waals surface area contributed by atoms with Crippen LogP contribution in [-0.2, 0) is 27.6 Å². The number of nitrogens with zero attached hydrogens (tertiary/aromatic N) is 3. The fourth-order valence-corrected chi connectivity index (χ4v) is 4.75. The molecule has 0 saturated carbocycles. The molecule has 4 rings (SSSR count). The van der Waals surface area contributed by atoms with Gasteiger partial charge in [0, 0.05) is 50.4 Å². The number of amides is 1. The number of methoxy groups -OCH3 is 3. The minimum Gasteiger partial charge on any atom is -0.493 e. The summed E-state index contributed by atoms with van der Waals surface area (Å²) in [6.07, 6.45) is 0.480. The molecule has 2 aliphatic rings. The van der Waals surface area contributed by atoms with Crippen LogP contribution in [0.2, 0.25) is 0 Å². The molecule has 9 nitrogen and oxygen atoms in total. The minimum absolute atomic E-state index is 0.109. The maximum Gasteiger partial charge on any atom is 0.247 e. The summed E-state index contributed by atoms with van der Waals surface area (Å²) in [6, 6.07) is 12.9. The molecule has 1 amide bonds. The van der Waals surface area contributed by atoms with Crippen LogP contribution in [0.1, 0.15) is 17.5 Å². The van der Waals surface area contributed by atoms with Crippen molar-refractivity contribution in [3.8, 4) is 17.2 Å². The van der Waals surface area contributed by atoms with Gasteiger partial charge in [-0.2, -0.15) is 5.06 Å². The molecular weight excluding hydrogens is 462 g/mol. The van der Waals surface area contributed by atoms with Gasteiger partial charge in [-0.25, -0.2) is 4.79 Å². The van der Waals surface area contributed by atoms with Crippen LogP contribution in [0.5, 0.6) is 17.2 Å². The van der Waals surface area contributed by atoms with E-state index in [1.165, 1.54) is 0 Å². The molecule has 0 bridgehead atoms. The molecule has 2 fully saturated rings. The van der Waals surface area contributed by atoms with E-state index in [0.717, 1.165) is 11.1 Å². The molecule has 1 atom stereocenters. The van der Waals surface area contributed by atoms with Crippen molar-refractivity contribution in [3.63, 3.8) is 0 Å². The van der Waals surface area contributed by atoms with Crippen molar-refractivity contribution < 1.29 is 28.6 Å². The smallest absolute Gasteiger partial charge is 0.247 e. The summed E-state index contributed by atoms with van der Waals surface area (Å²) in [5.41, 5.74) is 2.44. The number of rotatable bonds is 9. The predicted molar refractivity (Wildman–Crippen MR) is 134 cm³/mol. The maximum atomic E-state index is 13.4. The van der Waals surface area contributed by atoms with Crippen molar-refractivity contribution in [2.24, 2.45) is 0 Å². The number of hydrogen-bond donors (Lipinski definition) is 0. The first-order valence-corrected chi connectivity index (χ1v) is 12.1. The molecule has 2 saturated heterocycles. The second-order valence-corrected chi connectivity index (χ2v) is 8.77. The standard InChI is InChI=1S/C27H33N3O6/c1-33-23-10-9-21(25(34-2)26(23)35-3)17-28-13-15-29(16-14-28)27(32)24-22(18-31)11-12-30(24)36-19-20-7-5-4-6-8-20/h4-10,24H,11-17,19H2,1-3H3/t24-/m0/s1. The van der Waals surface area contributed by atoms with Crippen molar-refractivity contribution in [2.45, 2.75) is 25.6 Å². The van der Waals surface area contributed by atoms with Crippen LogP contribution in [0.15, 0.2) is 48.0 Å². The van der Waals surface area contributed by atoms with E-state index in [4.69, 9.17) is 19.0 Å². The number of benzene rings is 2. The molecule has 0 unspecified atom stereocenters. The van der Waals surface area contributed by atoms with E-state index in [1.54, 1.807) is 26.4 Å². The van der Waals surface area contributed by atoms with Gasteiger partial charge < -0.3 is 19.1 Å². The first-order chi connectivity index (χ1) is 17.6. The molecule has 0 radical (unpaired) electrons. The highest BCUT2D eigenvalue weighted by Crippen LogP contribution is 2.40. The monoisotopic (exact) mass is 495 g/mol. The Morgan fingerprint density at radius 1 is 0.917 bits per heavy atom. The Bertz CT molecular complexity index is 1090. The summed E-state index contributed by atoms with van der Waals surface area (Å²) < 4.78 is 16.5. The highest BCUT2D eigenvalue weighted by Gasteiger charge is 2.40. The van der Waals surface area contributed by atoms with Crippen LogP contribution in [0, 0.1) is 0 Å². The van der Waals surface area contributed by atoms with E-state index in [-0.39, 0.29) is 5.91 Å². The second kappa shape index (κ2) is 12.1. The van der Waals surface area contributed by atoms with Gasteiger partial charge in [-0.15, -0.1) is 0 Å². The lowest BCUT2D eigenvalue weighted by atomic mass is 10.1. The van der Waals surface area contributed by atoms with E-state index < -0.39 is 6.04 Å². The molecule has 2 aliphatic heterocycles. The average Bonchev–Trinajstić information content (AvgIpc) is 3.35. The molecular formula is C27H33N3O6. The van der Waals surface area contributed by atoms with Gasteiger partial charge in [0.05, 0.1) is 27.9 Å². The Morgan fingerprint density at radius 2 is 1.64 bits per heavy atom. The number of carbonyl (C=O) groups excluding carboxylic acids is 2. The highest BCUT2D eigenvalue weighted by molar-refractivity contribution is 5.88. The van der Waals surface area contributed by atoms with E-state index in [2.05, 4.69) is 4.90 Å². The molecule has 2 heterocycles. The third-order valence-electron chi connectivity index (χ3n) is 6.69. The molecule has 0 aliphatic carbocycles. The topological polar surface area (TPSA) is 80.8 Å². The molecule has 0 aromatic heterocycles. The molecule has 2 aromatic rings. The summed E-state index contributed by atoms with van der Waals surface area (Å²) in [5, 5.41) is 1.64. The van der Waals surface area contributed by atoms with Gasteiger partial charge in [-0.05, 0) is 18.1 Å². The molecule has 0 spiro atoms. The van der Waals surface area contributed by atoms with Gasteiger partial charge in [0.25, 0.3) is 0 Å². The quantitative estimate of drug-likeness (QED) is 0.491. The van der Waals surface area contributed by atoms with E-state index in [1.807, 2.05) is 53.3 Å². The normalized spacial score (nSPS) is 18.7.